The van der Waals surface area contributed by atoms with E-state index in [4.69, 9.17) is 14.7 Å². The molecule has 0 spiro atoms. The summed E-state index contributed by atoms with van der Waals surface area (Å²) < 4.78 is 22.7. The van der Waals surface area contributed by atoms with Crippen molar-refractivity contribution in [3.8, 4) is 11.3 Å². The maximum Gasteiger partial charge on any atom is 0.237 e. The van der Waals surface area contributed by atoms with Gasteiger partial charge < -0.3 is 29.5 Å². The van der Waals surface area contributed by atoms with Crippen LogP contribution in [-0.4, -0.2) is 75.9 Å². The summed E-state index contributed by atoms with van der Waals surface area (Å²) in [6, 6.07) is 12.0. The molecule has 2 aromatic heterocycles. The van der Waals surface area contributed by atoms with Gasteiger partial charge in [0.25, 0.3) is 0 Å². The van der Waals surface area contributed by atoms with E-state index in [0.717, 1.165) is 53.8 Å². The summed E-state index contributed by atoms with van der Waals surface area (Å²) >= 11 is 0. The van der Waals surface area contributed by atoms with Crippen molar-refractivity contribution >= 4 is 34.1 Å². The van der Waals surface area contributed by atoms with E-state index in [1.54, 1.807) is 26.4 Å². The van der Waals surface area contributed by atoms with E-state index < -0.39 is 17.5 Å². The first-order valence-electron chi connectivity index (χ1n) is 18.1. The van der Waals surface area contributed by atoms with E-state index >= 15 is 4.39 Å². The third-order valence-corrected chi connectivity index (χ3v) is 11.0. The zero-order valence-corrected chi connectivity index (χ0v) is 30.1. The number of methoxy groups -OCH3 is 1. The Morgan fingerprint density at radius 3 is 2.56 bits per heavy atom. The molecule has 2 aromatic carbocycles. The lowest BCUT2D eigenvalue weighted by atomic mass is 9.82. The lowest BCUT2D eigenvalue weighted by Crippen LogP contribution is -2.57. The monoisotopic (exact) mass is 683 g/mol. The number of hydrogen-bond acceptors (Lipinski definition) is 8. The molecule has 7 rings (SSSR count). The Labute approximate surface area is 294 Å². The molecule has 3 aliphatic rings. The van der Waals surface area contributed by atoms with E-state index in [2.05, 4.69) is 46.4 Å². The number of piperidine rings is 1. The van der Waals surface area contributed by atoms with Crippen LogP contribution < -0.4 is 15.5 Å². The average molecular weight is 684 g/mol. The molecular weight excluding hydrogens is 633 g/mol. The number of carbonyl (C=O) groups excluding carboxylic acids is 1. The van der Waals surface area contributed by atoms with E-state index in [9.17, 15) is 9.90 Å². The zero-order valence-electron chi connectivity index (χ0n) is 30.1. The SMILES string of the molecule is COCCNC(O)c1cc(Nc2nc(-c3ccc4c(c3)N([C@H]3C[C@@H](N5CCCCC5)C3)C(=O)C4(C)C)cc3ncn(C(C)C)c23)c(F)cc1C. The van der Waals surface area contributed by atoms with Crippen LogP contribution in [0.2, 0.25) is 0 Å². The van der Waals surface area contributed by atoms with Crippen molar-refractivity contribution in [2.75, 3.05) is 43.6 Å². The summed E-state index contributed by atoms with van der Waals surface area (Å²) in [4.78, 5) is 28.5. The number of hydrogen-bond donors (Lipinski definition) is 3. The molecule has 1 saturated heterocycles. The minimum Gasteiger partial charge on any atom is -0.383 e. The number of pyridine rings is 1. The first-order chi connectivity index (χ1) is 24.0. The molecule has 1 amide bonds. The Morgan fingerprint density at radius 2 is 1.84 bits per heavy atom. The highest BCUT2D eigenvalue weighted by Crippen LogP contribution is 2.48. The van der Waals surface area contributed by atoms with E-state index in [1.807, 2.05) is 30.5 Å². The average Bonchev–Trinajstić information content (AvgIpc) is 3.59. The molecule has 266 valence electrons. The maximum absolute atomic E-state index is 15.6. The third-order valence-electron chi connectivity index (χ3n) is 11.0. The molecule has 2 aliphatic heterocycles. The van der Waals surface area contributed by atoms with Gasteiger partial charge in [-0.2, -0.15) is 0 Å². The predicted molar refractivity (Wildman–Crippen MR) is 195 cm³/mol. The number of rotatable bonds is 11. The lowest BCUT2D eigenvalue weighted by molar-refractivity contribution is -0.123. The normalized spacial score (nSPS) is 21.1. The van der Waals surface area contributed by atoms with Gasteiger partial charge in [0.1, 0.15) is 17.6 Å². The molecule has 1 unspecified atom stereocenters. The van der Waals surface area contributed by atoms with Gasteiger partial charge in [-0.1, -0.05) is 18.6 Å². The van der Waals surface area contributed by atoms with Crippen molar-refractivity contribution in [1.82, 2.24) is 24.8 Å². The second-order valence-electron chi connectivity index (χ2n) is 15.0. The molecular formula is C39H50FN7O3. The fourth-order valence-corrected chi connectivity index (χ4v) is 7.96. The molecule has 50 heavy (non-hydrogen) atoms. The highest BCUT2D eigenvalue weighted by molar-refractivity contribution is 6.08. The van der Waals surface area contributed by atoms with Crippen LogP contribution >= 0.6 is 0 Å². The number of ether oxygens (including phenoxy) is 1. The summed E-state index contributed by atoms with van der Waals surface area (Å²) in [5, 5.41) is 17.2. The molecule has 10 nitrogen and oxygen atoms in total. The maximum atomic E-state index is 15.6. The van der Waals surface area contributed by atoms with Crippen LogP contribution in [0.1, 0.15) is 88.8 Å². The minimum absolute atomic E-state index is 0.0801. The molecule has 1 atom stereocenters. The van der Waals surface area contributed by atoms with E-state index in [-0.39, 0.29) is 23.7 Å². The number of imidazole rings is 1. The number of anilines is 3. The van der Waals surface area contributed by atoms with Crippen molar-refractivity contribution in [3.05, 3.63) is 65.2 Å². The van der Waals surface area contributed by atoms with Crippen LogP contribution in [0.15, 0.2) is 42.7 Å². The summed E-state index contributed by atoms with van der Waals surface area (Å²) in [6.45, 7) is 13.1. The third kappa shape index (κ3) is 6.18. The molecule has 0 bridgehead atoms. The number of nitrogens with zero attached hydrogens (tertiary/aromatic N) is 5. The molecule has 3 N–H and O–H groups in total. The Kier molecular flexibility index (Phi) is 9.44. The van der Waals surface area contributed by atoms with Crippen LogP contribution in [0.25, 0.3) is 22.3 Å². The highest BCUT2D eigenvalue weighted by atomic mass is 19.1. The quantitative estimate of drug-likeness (QED) is 0.118. The zero-order chi connectivity index (χ0) is 35.3. The first-order valence-corrected chi connectivity index (χ1v) is 18.1. The van der Waals surface area contributed by atoms with Gasteiger partial charge in [0.05, 0.1) is 35.2 Å². The van der Waals surface area contributed by atoms with Gasteiger partial charge in [-0.25, -0.2) is 14.4 Å². The molecule has 4 aromatic rings. The number of halogens is 1. The number of aliphatic hydroxyl groups is 1. The van der Waals surface area contributed by atoms with Crippen LogP contribution in [0.3, 0.4) is 0 Å². The van der Waals surface area contributed by atoms with Crippen molar-refractivity contribution in [2.24, 2.45) is 0 Å². The van der Waals surface area contributed by atoms with Crippen LogP contribution in [0.5, 0.6) is 0 Å². The Hall–Kier alpha value is -3.90. The number of nitrogens with one attached hydrogen (secondary N) is 2. The Morgan fingerprint density at radius 1 is 1.08 bits per heavy atom. The standard InChI is InChI=1S/C39H50FN7O3/c1-23(2)46-22-42-33-21-31(43-36(35(33)46)44-32-20-28(24(3)16-30(32)40)37(48)41-12-15-50-6)25-10-11-29-34(17-25)47(38(49)39(29,4)5)27-18-26(19-27)45-13-8-7-9-14-45/h10-11,16-17,20-23,26-27,37,41,48H,7-9,12-15,18-19H2,1-6H3,(H,43,44)/t26-,27+,37?. The van der Waals surface area contributed by atoms with Gasteiger partial charge >= 0.3 is 0 Å². The summed E-state index contributed by atoms with van der Waals surface area (Å²) in [5.41, 5.74) is 5.74. The number of benzene rings is 2. The fourth-order valence-electron chi connectivity index (χ4n) is 7.96. The first kappa shape index (κ1) is 34.5. The number of aromatic nitrogens is 3. The summed E-state index contributed by atoms with van der Waals surface area (Å²) in [7, 11) is 1.60. The summed E-state index contributed by atoms with van der Waals surface area (Å²) in [5.74, 6) is 0.151. The van der Waals surface area contributed by atoms with Gasteiger partial charge in [-0.15, -0.1) is 0 Å². The van der Waals surface area contributed by atoms with Crippen LogP contribution in [0.4, 0.5) is 21.6 Å². The van der Waals surface area contributed by atoms with Crippen LogP contribution in [-0.2, 0) is 14.9 Å². The number of likely N-dealkylation sites (tertiary alicyclic amines) is 1. The van der Waals surface area contributed by atoms with Crippen LogP contribution in [0, 0.1) is 12.7 Å². The largest absolute Gasteiger partial charge is 0.383 e. The second-order valence-corrected chi connectivity index (χ2v) is 15.0. The van der Waals surface area contributed by atoms with Crippen molar-refractivity contribution in [3.63, 3.8) is 0 Å². The second kappa shape index (κ2) is 13.7. The predicted octanol–water partition coefficient (Wildman–Crippen LogP) is 6.74. The number of aliphatic hydroxyl groups excluding tert-OH is 1. The molecule has 0 radical (unpaired) electrons. The molecule has 11 heteroatoms. The van der Waals surface area contributed by atoms with Gasteiger partial charge in [-0.05, 0) is 109 Å². The number of fused-ring (bicyclic) bond motifs is 2. The van der Waals surface area contributed by atoms with E-state index in [0.29, 0.717) is 41.8 Å². The molecule has 1 aliphatic carbocycles. The van der Waals surface area contributed by atoms with Gasteiger partial charge in [0, 0.05) is 48.6 Å². The Bertz CT molecular complexity index is 1890. The number of aryl methyl sites for hydroxylation is 1. The Balaban J connectivity index is 1.25. The number of carbonyl (C=O) groups is 1. The topological polar surface area (TPSA) is 108 Å². The van der Waals surface area contributed by atoms with Crippen molar-refractivity contribution in [2.45, 2.75) is 96.5 Å². The van der Waals surface area contributed by atoms with E-state index in [1.165, 1.54) is 25.3 Å². The van der Waals surface area contributed by atoms with Crippen molar-refractivity contribution in [1.29, 1.82) is 0 Å². The number of amides is 1. The van der Waals surface area contributed by atoms with Gasteiger partial charge in [-0.3, -0.25) is 10.1 Å². The molecule has 2 fully saturated rings. The van der Waals surface area contributed by atoms with Gasteiger partial charge in [0.2, 0.25) is 5.91 Å². The minimum atomic E-state index is -1.00. The molecule has 1 saturated carbocycles. The smallest absolute Gasteiger partial charge is 0.237 e. The molecule has 4 heterocycles. The highest BCUT2D eigenvalue weighted by Gasteiger charge is 2.50. The van der Waals surface area contributed by atoms with Gasteiger partial charge in [0.15, 0.2) is 5.82 Å². The summed E-state index contributed by atoms with van der Waals surface area (Å²) in [6.07, 6.45) is 6.62. The fraction of sp³-hybridized carbons (Fsp3) is 0.513. The van der Waals surface area contributed by atoms with Crippen molar-refractivity contribution < 1.29 is 19.0 Å². The lowest BCUT2D eigenvalue weighted by Gasteiger charge is -2.48.